The minimum atomic E-state index is -4.02. The van der Waals surface area contributed by atoms with Crippen LogP contribution in [0.15, 0.2) is 12.7 Å². The lowest BCUT2D eigenvalue weighted by Gasteiger charge is -2.14. The monoisotopic (exact) mass is 331 g/mol. The maximum absolute atomic E-state index is 10.7. The number of anilines is 1. The van der Waals surface area contributed by atoms with Gasteiger partial charge in [0.25, 0.3) is 0 Å². The van der Waals surface area contributed by atoms with Gasteiger partial charge in [0.15, 0.2) is 11.5 Å². The van der Waals surface area contributed by atoms with Crippen molar-refractivity contribution in [2.24, 2.45) is 0 Å². The van der Waals surface area contributed by atoms with Crippen LogP contribution in [0.5, 0.6) is 0 Å². The highest BCUT2D eigenvalue weighted by Crippen LogP contribution is 2.33. The van der Waals surface area contributed by atoms with Gasteiger partial charge in [0.1, 0.15) is 11.8 Å². The van der Waals surface area contributed by atoms with Crippen molar-refractivity contribution in [1.29, 1.82) is 0 Å². The molecule has 0 saturated carbocycles. The number of nitrogens with two attached hydrogens (primary N) is 1. The molecule has 0 spiro atoms. The summed E-state index contributed by atoms with van der Waals surface area (Å²) in [5.74, 6) is 0.309. The number of nitrogens with zero attached hydrogens (tertiary/aromatic N) is 4. The van der Waals surface area contributed by atoms with Gasteiger partial charge in [-0.3, -0.25) is 4.57 Å². The second kappa shape index (κ2) is 8.19. The summed E-state index contributed by atoms with van der Waals surface area (Å²) in [4.78, 5) is 29.6. The quantitative estimate of drug-likeness (QED) is 0.667. The second-order valence-electron chi connectivity index (χ2n) is 4.40. The maximum Gasteiger partial charge on any atom is 0.327 e. The summed E-state index contributed by atoms with van der Waals surface area (Å²) in [5.41, 5.74) is 6.81. The zero-order chi connectivity index (χ0) is 16.8. The molecule has 1 atom stereocenters. The molecule has 0 amide bonds. The Bertz CT molecular complexity index is 641. The summed E-state index contributed by atoms with van der Waals surface area (Å²) in [7, 11) is -4.02. The van der Waals surface area contributed by atoms with E-state index in [1.54, 1.807) is 17.8 Å². The van der Waals surface area contributed by atoms with Crippen LogP contribution in [0, 0.1) is 0 Å². The van der Waals surface area contributed by atoms with Crippen molar-refractivity contribution in [3.63, 3.8) is 0 Å². The Morgan fingerprint density at radius 2 is 2.05 bits per heavy atom. The SMILES string of the molecule is CC.C[C@H](Cn1cnc2c(N)ncnc21)OCCP(=O)(O)O. The fourth-order valence-corrected chi connectivity index (χ4v) is 2.08. The van der Waals surface area contributed by atoms with Gasteiger partial charge in [0, 0.05) is 0 Å². The molecule has 0 fully saturated rings. The third-order valence-electron chi connectivity index (χ3n) is 2.67. The van der Waals surface area contributed by atoms with Crippen molar-refractivity contribution in [1.82, 2.24) is 19.5 Å². The van der Waals surface area contributed by atoms with Gasteiger partial charge in [-0.1, -0.05) is 13.8 Å². The average molecular weight is 331 g/mol. The number of imidazole rings is 1. The van der Waals surface area contributed by atoms with Crippen molar-refractivity contribution in [2.75, 3.05) is 18.5 Å². The van der Waals surface area contributed by atoms with Crippen LogP contribution in [-0.2, 0) is 15.8 Å². The van der Waals surface area contributed by atoms with Gasteiger partial charge in [-0.25, -0.2) is 15.0 Å². The van der Waals surface area contributed by atoms with Crippen LogP contribution in [0.4, 0.5) is 5.82 Å². The van der Waals surface area contributed by atoms with E-state index in [1.807, 2.05) is 13.8 Å². The smallest absolute Gasteiger partial charge is 0.327 e. The molecule has 2 heterocycles. The van der Waals surface area contributed by atoms with Gasteiger partial charge in [0.2, 0.25) is 0 Å². The van der Waals surface area contributed by atoms with E-state index in [0.717, 1.165) is 0 Å². The van der Waals surface area contributed by atoms with E-state index in [2.05, 4.69) is 15.0 Å². The Balaban J connectivity index is 0.00000116. The molecule has 0 aliphatic heterocycles. The van der Waals surface area contributed by atoms with Crippen molar-refractivity contribution in [3.8, 4) is 0 Å². The highest BCUT2D eigenvalue weighted by atomic mass is 31.2. The molecule has 0 radical (unpaired) electrons. The summed E-state index contributed by atoms with van der Waals surface area (Å²) in [6.45, 7) is 6.25. The molecule has 124 valence electrons. The number of ether oxygens (including phenoxy) is 1. The van der Waals surface area contributed by atoms with Crippen LogP contribution in [0.1, 0.15) is 20.8 Å². The lowest BCUT2D eigenvalue weighted by molar-refractivity contribution is 0.0640. The van der Waals surface area contributed by atoms with Crippen molar-refractivity contribution in [3.05, 3.63) is 12.7 Å². The second-order valence-corrected chi connectivity index (χ2v) is 6.17. The zero-order valence-corrected chi connectivity index (χ0v) is 13.8. The predicted molar refractivity (Wildman–Crippen MR) is 83.4 cm³/mol. The van der Waals surface area contributed by atoms with Crippen LogP contribution < -0.4 is 5.73 Å². The molecule has 2 aromatic rings. The minimum absolute atomic E-state index is 0.00476. The van der Waals surface area contributed by atoms with E-state index in [9.17, 15) is 4.57 Å². The first-order valence-corrected chi connectivity index (χ1v) is 8.74. The van der Waals surface area contributed by atoms with Crippen molar-refractivity contribution < 1.29 is 19.1 Å². The normalized spacial score (nSPS) is 12.8. The Morgan fingerprint density at radius 3 is 2.68 bits per heavy atom. The molecular weight excluding hydrogens is 309 g/mol. The predicted octanol–water partition coefficient (Wildman–Crippen LogP) is 1.02. The van der Waals surface area contributed by atoms with E-state index in [1.165, 1.54) is 6.33 Å². The summed E-state index contributed by atoms with van der Waals surface area (Å²) < 4.78 is 17.8. The molecule has 9 nitrogen and oxygen atoms in total. The Kier molecular flexibility index (Phi) is 6.89. The van der Waals surface area contributed by atoms with Gasteiger partial charge >= 0.3 is 7.60 Å². The molecule has 2 aromatic heterocycles. The van der Waals surface area contributed by atoms with E-state index in [4.69, 9.17) is 20.3 Å². The van der Waals surface area contributed by atoms with Crippen LogP contribution in [-0.4, -0.2) is 48.2 Å². The minimum Gasteiger partial charge on any atom is -0.382 e. The topological polar surface area (TPSA) is 136 Å². The number of hydrogen-bond donors (Lipinski definition) is 3. The Labute approximate surface area is 128 Å². The first kappa shape index (κ1) is 18.5. The first-order valence-electron chi connectivity index (χ1n) is 6.94. The van der Waals surface area contributed by atoms with Crippen molar-refractivity contribution in [2.45, 2.75) is 33.4 Å². The molecule has 0 aliphatic rings. The molecule has 0 aromatic carbocycles. The van der Waals surface area contributed by atoms with Gasteiger partial charge < -0.3 is 24.8 Å². The van der Waals surface area contributed by atoms with E-state index >= 15 is 0 Å². The highest BCUT2D eigenvalue weighted by molar-refractivity contribution is 7.51. The van der Waals surface area contributed by atoms with Gasteiger partial charge in [-0.05, 0) is 6.92 Å². The summed E-state index contributed by atoms with van der Waals surface area (Å²) in [6.07, 6.45) is 2.40. The molecule has 10 heteroatoms. The van der Waals surface area contributed by atoms with Crippen LogP contribution in [0.25, 0.3) is 11.2 Å². The lowest BCUT2D eigenvalue weighted by atomic mass is 10.4. The number of aromatic nitrogens is 4. The molecule has 0 bridgehead atoms. The molecule has 0 unspecified atom stereocenters. The first-order chi connectivity index (χ1) is 10.4. The van der Waals surface area contributed by atoms with Crippen LogP contribution in [0.3, 0.4) is 0 Å². The van der Waals surface area contributed by atoms with Gasteiger partial charge in [-0.15, -0.1) is 0 Å². The Hall–Kier alpha value is -1.54. The van der Waals surface area contributed by atoms with Crippen LogP contribution in [0.2, 0.25) is 0 Å². The molecule has 0 aliphatic carbocycles. The molecule has 0 saturated heterocycles. The number of nitrogen functional groups attached to an aromatic ring is 1. The summed E-state index contributed by atoms with van der Waals surface area (Å²) >= 11 is 0. The van der Waals surface area contributed by atoms with E-state index < -0.39 is 7.60 Å². The number of fused-ring (bicyclic) bond motifs is 1. The number of hydrogen-bond acceptors (Lipinski definition) is 6. The third kappa shape index (κ3) is 5.34. The van der Waals surface area contributed by atoms with Gasteiger partial charge in [-0.2, -0.15) is 0 Å². The fraction of sp³-hybridized carbons (Fsp3) is 0.583. The van der Waals surface area contributed by atoms with Gasteiger partial charge in [0.05, 0.1) is 31.7 Å². The van der Waals surface area contributed by atoms with E-state index in [-0.39, 0.29) is 18.9 Å². The molecule has 2 rings (SSSR count). The fourth-order valence-electron chi connectivity index (χ4n) is 1.73. The molecule has 4 N–H and O–H groups in total. The third-order valence-corrected chi connectivity index (χ3v) is 3.43. The van der Waals surface area contributed by atoms with Crippen molar-refractivity contribution >= 4 is 24.6 Å². The summed E-state index contributed by atoms with van der Waals surface area (Å²) in [5, 5.41) is 0. The largest absolute Gasteiger partial charge is 0.382 e. The standard InChI is InChI=1S/C10H16N5O4P.C2H6/c1-7(19-2-3-20(16,17)18)4-15-6-14-8-9(11)12-5-13-10(8)15;1-2/h5-7H,2-4H2,1H3,(H2,11,12,13)(H2,16,17,18);1-2H3/t7-;/m1./s1. The average Bonchev–Trinajstić information content (AvgIpc) is 2.84. The lowest BCUT2D eigenvalue weighted by Crippen LogP contribution is -2.18. The summed E-state index contributed by atoms with van der Waals surface area (Å²) in [6, 6.07) is 0. The van der Waals surface area contributed by atoms with E-state index in [0.29, 0.717) is 23.5 Å². The zero-order valence-electron chi connectivity index (χ0n) is 12.9. The maximum atomic E-state index is 10.7. The van der Waals surface area contributed by atoms with Crippen LogP contribution >= 0.6 is 7.60 Å². The number of rotatable bonds is 6. The molecular formula is C12H22N5O4P. The Morgan fingerprint density at radius 1 is 1.36 bits per heavy atom. The highest BCUT2D eigenvalue weighted by Gasteiger charge is 2.15. The molecule has 22 heavy (non-hydrogen) atoms.